The van der Waals surface area contributed by atoms with Crippen LogP contribution in [0.3, 0.4) is 0 Å². The van der Waals surface area contributed by atoms with E-state index in [2.05, 4.69) is 9.72 Å². The molecule has 0 saturated heterocycles. The molecule has 0 atom stereocenters. The van der Waals surface area contributed by atoms with Crippen molar-refractivity contribution in [1.29, 1.82) is 0 Å². The molecule has 1 aromatic heterocycles. The predicted molar refractivity (Wildman–Crippen MR) is 78.8 cm³/mol. The number of aromatic nitrogens is 2. The van der Waals surface area contributed by atoms with Crippen LogP contribution in [0.25, 0.3) is 11.4 Å². The number of hydrogen-bond donors (Lipinski definition) is 0. The first kappa shape index (κ1) is 17.1. The summed E-state index contributed by atoms with van der Waals surface area (Å²) in [5.41, 5.74) is -0.0896. The smallest absolute Gasteiger partial charge is 0.434 e. The summed E-state index contributed by atoms with van der Waals surface area (Å²) in [6.45, 7) is 4.24. The summed E-state index contributed by atoms with van der Waals surface area (Å²) in [6.07, 6.45) is -3.48. The van der Waals surface area contributed by atoms with Gasteiger partial charge in [-0.15, -0.1) is 0 Å². The van der Waals surface area contributed by atoms with E-state index in [4.69, 9.17) is 0 Å². The molecule has 2 aromatic rings. The van der Waals surface area contributed by atoms with Gasteiger partial charge in [0.1, 0.15) is 5.82 Å². The van der Waals surface area contributed by atoms with Gasteiger partial charge in [0, 0.05) is 18.3 Å². The molecule has 0 aliphatic carbocycles. The lowest BCUT2D eigenvalue weighted by atomic mass is 10.1. The molecule has 0 N–H and O–H groups in total. The molecule has 0 aliphatic heterocycles. The Morgan fingerprint density at radius 3 is 2.35 bits per heavy atom. The zero-order valence-electron chi connectivity index (χ0n) is 13.0. The van der Waals surface area contributed by atoms with Gasteiger partial charge < -0.3 is 9.30 Å². The fourth-order valence-electron chi connectivity index (χ4n) is 2.19. The molecule has 0 saturated carbocycles. The Bertz CT molecular complexity index is 688. The zero-order chi connectivity index (χ0) is 17.2. The van der Waals surface area contributed by atoms with Crippen LogP contribution in [0.5, 0.6) is 0 Å². The Balaban J connectivity index is 2.44. The highest BCUT2D eigenvalue weighted by Crippen LogP contribution is 2.31. The highest BCUT2D eigenvalue weighted by atomic mass is 19.4. The Kier molecular flexibility index (Phi) is 4.77. The van der Waals surface area contributed by atoms with Crippen molar-refractivity contribution in [3.63, 3.8) is 0 Å². The quantitative estimate of drug-likeness (QED) is 0.797. The average Bonchev–Trinajstić information content (AvgIpc) is 2.90. The third kappa shape index (κ3) is 3.91. The summed E-state index contributed by atoms with van der Waals surface area (Å²) in [7, 11) is 1.27. The van der Waals surface area contributed by atoms with Crippen LogP contribution in [-0.2, 0) is 17.5 Å². The first-order valence-electron chi connectivity index (χ1n) is 7.05. The fourth-order valence-corrected chi connectivity index (χ4v) is 2.19. The van der Waals surface area contributed by atoms with E-state index in [1.807, 2.05) is 13.8 Å². The number of alkyl halides is 3. The van der Waals surface area contributed by atoms with Crippen LogP contribution in [-0.4, -0.2) is 22.6 Å². The van der Waals surface area contributed by atoms with Gasteiger partial charge in [0.2, 0.25) is 0 Å². The predicted octanol–water partition coefficient (Wildman–Crippen LogP) is 4.01. The van der Waals surface area contributed by atoms with Crippen molar-refractivity contribution in [2.45, 2.75) is 26.6 Å². The third-order valence-electron chi connectivity index (χ3n) is 3.19. The SMILES string of the molecule is COC(=O)c1ccc(-c2nc(C(F)(F)F)cn2CC(C)C)cc1. The van der Waals surface area contributed by atoms with Crippen molar-refractivity contribution < 1.29 is 22.7 Å². The molecular formula is C16H17F3N2O2. The standard InChI is InChI=1S/C16H17F3N2O2/c1-10(2)8-21-9-13(16(17,18)19)20-14(21)11-4-6-12(7-5-11)15(22)23-3/h4-7,9-10H,8H2,1-3H3. The lowest BCUT2D eigenvalue weighted by Gasteiger charge is -2.10. The molecule has 0 radical (unpaired) electrons. The van der Waals surface area contributed by atoms with E-state index < -0.39 is 17.8 Å². The van der Waals surface area contributed by atoms with Gasteiger partial charge in [-0.3, -0.25) is 0 Å². The molecule has 0 amide bonds. The second-order valence-corrected chi connectivity index (χ2v) is 5.56. The minimum Gasteiger partial charge on any atom is -0.465 e. The lowest BCUT2D eigenvalue weighted by molar-refractivity contribution is -0.140. The number of methoxy groups -OCH3 is 1. The van der Waals surface area contributed by atoms with Crippen molar-refractivity contribution >= 4 is 5.97 Å². The van der Waals surface area contributed by atoms with E-state index in [-0.39, 0.29) is 11.7 Å². The molecule has 23 heavy (non-hydrogen) atoms. The molecular weight excluding hydrogens is 309 g/mol. The number of carbonyl (C=O) groups excluding carboxylic acids is 1. The van der Waals surface area contributed by atoms with Crippen molar-refractivity contribution in [2.75, 3.05) is 7.11 Å². The number of benzene rings is 1. The molecule has 0 spiro atoms. The van der Waals surface area contributed by atoms with Crippen LogP contribution in [0.1, 0.15) is 29.9 Å². The van der Waals surface area contributed by atoms with E-state index in [1.54, 1.807) is 12.1 Å². The van der Waals surface area contributed by atoms with Gasteiger partial charge in [-0.2, -0.15) is 13.2 Å². The minimum absolute atomic E-state index is 0.165. The van der Waals surface area contributed by atoms with Gasteiger partial charge in [-0.05, 0) is 18.1 Å². The van der Waals surface area contributed by atoms with Crippen LogP contribution >= 0.6 is 0 Å². The number of nitrogens with zero attached hydrogens (tertiary/aromatic N) is 2. The van der Waals surface area contributed by atoms with E-state index in [0.717, 1.165) is 6.20 Å². The van der Waals surface area contributed by atoms with Crippen molar-refractivity contribution in [1.82, 2.24) is 9.55 Å². The molecule has 2 rings (SSSR count). The van der Waals surface area contributed by atoms with Gasteiger partial charge in [0.05, 0.1) is 12.7 Å². The van der Waals surface area contributed by atoms with Gasteiger partial charge in [0.15, 0.2) is 5.69 Å². The maximum Gasteiger partial charge on any atom is 0.434 e. The summed E-state index contributed by atoms with van der Waals surface area (Å²) >= 11 is 0. The van der Waals surface area contributed by atoms with Crippen LogP contribution in [0.15, 0.2) is 30.5 Å². The monoisotopic (exact) mass is 326 g/mol. The van der Waals surface area contributed by atoms with Crippen molar-refractivity contribution in [3.05, 3.63) is 41.7 Å². The van der Waals surface area contributed by atoms with Crippen LogP contribution in [0.4, 0.5) is 13.2 Å². The van der Waals surface area contributed by atoms with E-state index in [9.17, 15) is 18.0 Å². The number of halogens is 3. The summed E-state index contributed by atoms with van der Waals surface area (Å²) in [6, 6.07) is 6.13. The number of ether oxygens (including phenoxy) is 1. The van der Waals surface area contributed by atoms with Crippen molar-refractivity contribution in [3.8, 4) is 11.4 Å². The first-order chi connectivity index (χ1) is 10.7. The molecule has 4 nitrogen and oxygen atoms in total. The summed E-state index contributed by atoms with van der Waals surface area (Å²) in [4.78, 5) is 15.1. The normalized spacial score (nSPS) is 11.8. The molecule has 124 valence electrons. The minimum atomic E-state index is -4.50. The molecule has 0 unspecified atom stereocenters. The molecule has 0 aliphatic rings. The highest BCUT2D eigenvalue weighted by Gasteiger charge is 2.35. The van der Waals surface area contributed by atoms with Gasteiger partial charge >= 0.3 is 12.1 Å². The number of hydrogen-bond acceptors (Lipinski definition) is 3. The summed E-state index contributed by atoms with van der Waals surface area (Å²) in [5, 5.41) is 0. The first-order valence-corrected chi connectivity index (χ1v) is 7.05. The maximum absolute atomic E-state index is 12.9. The van der Waals surface area contributed by atoms with E-state index >= 15 is 0 Å². The number of carbonyl (C=O) groups is 1. The third-order valence-corrected chi connectivity index (χ3v) is 3.19. The largest absolute Gasteiger partial charge is 0.465 e. The van der Waals surface area contributed by atoms with Gasteiger partial charge in [0.25, 0.3) is 0 Å². The van der Waals surface area contributed by atoms with Crippen LogP contribution < -0.4 is 0 Å². The Hall–Kier alpha value is -2.31. The number of imidazole rings is 1. The number of esters is 1. The Morgan fingerprint density at radius 1 is 1.26 bits per heavy atom. The fraction of sp³-hybridized carbons (Fsp3) is 0.375. The second-order valence-electron chi connectivity index (χ2n) is 5.56. The molecule has 7 heteroatoms. The van der Waals surface area contributed by atoms with Crippen LogP contribution in [0.2, 0.25) is 0 Å². The topological polar surface area (TPSA) is 44.1 Å². The zero-order valence-corrected chi connectivity index (χ0v) is 13.0. The van der Waals surface area contributed by atoms with Gasteiger partial charge in [-0.1, -0.05) is 26.0 Å². The molecule has 1 heterocycles. The van der Waals surface area contributed by atoms with Crippen molar-refractivity contribution in [2.24, 2.45) is 5.92 Å². The summed E-state index contributed by atoms with van der Waals surface area (Å²) < 4.78 is 44.8. The Morgan fingerprint density at radius 2 is 1.87 bits per heavy atom. The highest BCUT2D eigenvalue weighted by molar-refractivity contribution is 5.89. The second kappa shape index (κ2) is 6.44. The lowest BCUT2D eigenvalue weighted by Crippen LogP contribution is -2.06. The van der Waals surface area contributed by atoms with Gasteiger partial charge in [-0.25, -0.2) is 9.78 Å². The van der Waals surface area contributed by atoms with Crippen LogP contribution in [0, 0.1) is 5.92 Å². The maximum atomic E-state index is 12.9. The summed E-state index contributed by atoms with van der Waals surface area (Å²) in [5.74, 6) is -0.112. The molecule has 1 aromatic carbocycles. The van der Waals surface area contributed by atoms with E-state index in [1.165, 1.54) is 23.8 Å². The molecule has 0 bridgehead atoms. The number of rotatable bonds is 4. The van der Waals surface area contributed by atoms with E-state index in [0.29, 0.717) is 17.7 Å². The Labute approximate surface area is 131 Å². The molecule has 0 fully saturated rings. The average molecular weight is 326 g/mol.